The van der Waals surface area contributed by atoms with Crippen molar-refractivity contribution in [2.45, 2.75) is 58.0 Å². The third-order valence-corrected chi connectivity index (χ3v) is 4.68. The van der Waals surface area contributed by atoms with Gasteiger partial charge in [0.25, 0.3) is 0 Å². The Balaban J connectivity index is 2.02. The molecule has 0 unspecified atom stereocenters. The second-order valence-electron chi connectivity index (χ2n) is 6.33. The van der Waals surface area contributed by atoms with Gasteiger partial charge in [0.1, 0.15) is 0 Å². The first-order valence-corrected chi connectivity index (χ1v) is 8.49. The fourth-order valence-corrected chi connectivity index (χ4v) is 3.12. The molecule has 1 saturated carbocycles. The van der Waals surface area contributed by atoms with Crippen LogP contribution in [-0.2, 0) is 11.3 Å². The third-order valence-electron chi connectivity index (χ3n) is 4.68. The number of nitrogens with two attached hydrogens (primary N) is 1. The van der Waals surface area contributed by atoms with E-state index in [1.54, 1.807) is 0 Å². The highest BCUT2D eigenvalue weighted by Gasteiger charge is 2.35. The molecule has 0 aliphatic heterocycles. The Kier molecular flexibility index (Phi) is 5.98. The molecule has 1 aliphatic carbocycles. The second-order valence-corrected chi connectivity index (χ2v) is 6.33. The monoisotopic (exact) mass is 303 g/mol. The number of benzene rings is 1. The van der Waals surface area contributed by atoms with Crippen molar-refractivity contribution in [2.24, 2.45) is 5.73 Å². The van der Waals surface area contributed by atoms with Gasteiger partial charge in [0.2, 0.25) is 5.91 Å². The summed E-state index contributed by atoms with van der Waals surface area (Å²) in [6, 6.07) is 8.10. The number of anilines is 1. The highest BCUT2D eigenvalue weighted by Crippen LogP contribution is 2.27. The van der Waals surface area contributed by atoms with E-state index in [9.17, 15) is 4.79 Å². The van der Waals surface area contributed by atoms with Gasteiger partial charge in [-0.2, -0.15) is 0 Å². The van der Waals surface area contributed by atoms with Crippen LogP contribution < -0.4 is 11.1 Å². The van der Waals surface area contributed by atoms with Gasteiger partial charge in [0.15, 0.2) is 0 Å². The Bertz CT molecular complexity index is 491. The van der Waals surface area contributed by atoms with Gasteiger partial charge in [-0.25, -0.2) is 0 Å². The summed E-state index contributed by atoms with van der Waals surface area (Å²) >= 11 is 0. The SMILES string of the molecule is CCN(CC)Cc1cccc(NC(=O)C2(N)CCCCC2)c1. The quantitative estimate of drug-likeness (QED) is 0.849. The molecule has 1 aliphatic rings. The van der Waals surface area contributed by atoms with E-state index in [0.29, 0.717) is 0 Å². The van der Waals surface area contributed by atoms with Crippen molar-refractivity contribution in [3.63, 3.8) is 0 Å². The summed E-state index contributed by atoms with van der Waals surface area (Å²) in [7, 11) is 0. The van der Waals surface area contributed by atoms with E-state index in [1.165, 1.54) is 12.0 Å². The summed E-state index contributed by atoms with van der Waals surface area (Å²) in [6.07, 6.45) is 4.86. The maximum Gasteiger partial charge on any atom is 0.244 e. The summed E-state index contributed by atoms with van der Waals surface area (Å²) in [5.41, 5.74) is 7.68. The van der Waals surface area contributed by atoms with Gasteiger partial charge in [0, 0.05) is 12.2 Å². The molecule has 1 aromatic rings. The normalized spacial score (nSPS) is 17.5. The van der Waals surface area contributed by atoms with Gasteiger partial charge in [-0.1, -0.05) is 45.2 Å². The predicted molar refractivity (Wildman–Crippen MR) is 91.7 cm³/mol. The average Bonchev–Trinajstić information content (AvgIpc) is 2.53. The van der Waals surface area contributed by atoms with Crippen LogP contribution in [0.15, 0.2) is 24.3 Å². The van der Waals surface area contributed by atoms with Crippen LogP contribution in [0.4, 0.5) is 5.69 Å². The number of nitrogens with zero attached hydrogens (tertiary/aromatic N) is 1. The van der Waals surface area contributed by atoms with E-state index in [2.05, 4.69) is 36.2 Å². The Morgan fingerprint density at radius 3 is 2.55 bits per heavy atom. The maximum absolute atomic E-state index is 12.5. The number of carbonyl (C=O) groups excluding carboxylic acids is 1. The van der Waals surface area contributed by atoms with Gasteiger partial charge in [-0.05, 0) is 43.6 Å². The van der Waals surface area contributed by atoms with Crippen molar-refractivity contribution in [1.29, 1.82) is 0 Å². The Labute approximate surface area is 134 Å². The standard InChI is InChI=1S/C18H29N3O/c1-3-21(4-2)14-15-9-8-10-16(13-15)20-17(22)18(19)11-6-5-7-12-18/h8-10,13H,3-7,11-12,14,19H2,1-2H3,(H,20,22). The number of amides is 1. The van der Waals surface area contributed by atoms with E-state index < -0.39 is 5.54 Å². The van der Waals surface area contributed by atoms with E-state index in [-0.39, 0.29) is 5.91 Å². The van der Waals surface area contributed by atoms with Crippen LogP contribution in [-0.4, -0.2) is 29.4 Å². The predicted octanol–water partition coefficient (Wildman–Crippen LogP) is 3.13. The highest BCUT2D eigenvalue weighted by atomic mass is 16.2. The van der Waals surface area contributed by atoms with Crippen LogP contribution in [0.25, 0.3) is 0 Å². The molecular weight excluding hydrogens is 274 g/mol. The van der Waals surface area contributed by atoms with Crippen LogP contribution in [0, 0.1) is 0 Å². The first-order chi connectivity index (χ1) is 10.6. The molecule has 1 amide bonds. The van der Waals surface area contributed by atoms with E-state index in [4.69, 9.17) is 5.73 Å². The zero-order valence-electron chi connectivity index (χ0n) is 13.9. The van der Waals surface area contributed by atoms with Crippen LogP contribution in [0.5, 0.6) is 0 Å². The highest BCUT2D eigenvalue weighted by molar-refractivity contribution is 5.98. The minimum absolute atomic E-state index is 0.0350. The van der Waals surface area contributed by atoms with E-state index in [1.807, 2.05) is 12.1 Å². The van der Waals surface area contributed by atoms with Crippen LogP contribution in [0.2, 0.25) is 0 Å². The number of rotatable bonds is 6. The molecular formula is C18H29N3O. The lowest BCUT2D eigenvalue weighted by Crippen LogP contribution is -2.52. The fourth-order valence-electron chi connectivity index (χ4n) is 3.12. The van der Waals surface area contributed by atoms with Gasteiger partial charge in [-0.15, -0.1) is 0 Å². The molecule has 2 rings (SSSR count). The lowest BCUT2D eigenvalue weighted by atomic mass is 9.82. The zero-order chi connectivity index (χ0) is 16.0. The van der Waals surface area contributed by atoms with Crippen molar-refractivity contribution in [1.82, 2.24) is 4.90 Å². The van der Waals surface area contributed by atoms with Crippen molar-refractivity contribution in [3.8, 4) is 0 Å². The second kappa shape index (κ2) is 7.75. The van der Waals surface area contributed by atoms with Gasteiger partial charge in [-0.3, -0.25) is 9.69 Å². The molecule has 0 aromatic heterocycles. The first kappa shape index (κ1) is 17.0. The number of hydrogen-bond donors (Lipinski definition) is 2. The Morgan fingerprint density at radius 1 is 1.23 bits per heavy atom. The molecule has 0 heterocycles. The summed E-state index contributed by atoms with van der Waals surface area (Å²) in [5, 5.41) is 3.02. The molecule has 0 spiro atoms. The molecule has 4 heteroatoms. The number of carbonyl (C=O) groups is 1. The Hall–Kier alpha value is -1.39. The fraction of sp³-hybridized carbons (Fsp3) is 0.611. The molecule has 122 valence electrons. The van der Waals surface area contributed by atoms with E-state index >= 15 is 0 Å². The summed E-state index contributed by atoms with van der Waals surface area (Å²) < 4.78 is 0. The van der Waals surface area contributed by atoms with Crippen LogP contribution in [0.3, 0.4) is 0 Å². The number of hydrogen-bond acceptors (Lipinski definition) is 3. The summed E-state index contributed by atoms with van der Waals surface area (Å²) in [5.74, 6) is -0.0350. The average molecular weight is 303 g/mol. The minimum atomic E-state index is -0.687. The molecule has 0 saturated heterocycles. The van der Waals surface area contributed by atoms with Gasteiger partial charge < -0.3 is 11.1 Å². The topological polar surface area (TPSA) is 58.4 Å². The van der Waals surface area contributed by atoms with Crippen LogP contribution in [0.1, 0.15) is 51.5 Å². The molecule has 3 N–H and O–H groups in total. The lowest BCUT2D eigenvalue weighted by molar-refractivity contribution is -0.122. The van der Waals surface area contributed by atoms with Crippen LogP contribution >= 0.6 is 0 Å². The molecule has 1 aromatic carbocycles. The Morgan fingerprint density at radius 2 is 1.91 bits per heavy atom. The maximum atomic E-state index is 12.5. The molecule has 0 atom stereocenters. The van der Waals surface area contributed by atoms with Crippen molar-refractivity contribution in [3.05, 3.63) is 29.8 Å². The third kappa shape index (κ3) is 4.31. The van der Waals surface area contributed by atoms with Crippen molar-refractivity contribution >= 4 is 11.6 Å². The molecule has 4 nitrogen and oxygen atoms in total. The van der Waals surface area contributed by atoms with Gasteiger partial charge in [0.05, 0.1) is 5.54 Å². The van der Waals surface area contributed by atoms with Crippen molar-refractivity contribution in [2.75, 3.05) is 18.4 Å². The van der Waals surface area contributed by atoms with Crippen molar-refractivity contribution < 1.29 is 4.79 Å². The minimum Gasteiger partial charge on any atom is -0.324 e. The smallest absolute Gasteiger partial charge is 0.244 e. The largest absolute Gasteiger partial charge is 0.324 e. The lowest BCUT2D eigenvalue weighted by Gasteiger charge is -2.31. The zero-order valence-corrected chi connectivity index (χ0v) is 13.9. The summed E-state index contributed by atoms with van der Waals surface area (Å²) in [4.78, 5) is 14.8. The van der Waals surface area contributed by atoms with E-state index in [0.717, 1.165) is 51.0 Å². The molecule has 0 radical (unpaired) electrons. The molecule has 22 heavy (non-hydrogen) atoms. The molecule has 0 bridgehead atoms. The summed E-state index contributed by atoms with van der Waals surface area (Å²) in [6.45, 7) is 7.29. The first-order valence-electron chi connectivity index (χ1n) is 8.49. The molecule has 1 fully saturated rings. The van der Waals surface area contributed by atoms with Gasteiger partial charge >= 0.3 is 0 Å². The number of nitrogens with one attached hydrogen (secondary N) is 1.